The van der Waals surface area contributed by atoms with Crippen molar-refractivity contribution in [2.45, 2.75) is 44.2 Å². The molecule has 0 bridgehead atoms. The van der Waals surface area contributed by atoms with Crippen LogP contribution in [0.4, 0.5) is 0 Å². The number of nitrogens with two attached hydrogens (primary N) is 1. The quantitative estimate of drug-likeness (QED) is 0.589. The Morgan fingerprint density at radius 1 is 1.38 bits per heavy atom. The van der Waals surface area contributed by atoms with Crippen molar-refractivity contribution in [2.75, 3.05) is 13.1 Å². The van der Waals surface area contributed by atoms with Gasteiger partial charge in [0.05, 0.1) is 5.60 Å². The average molecular weight is 287 g/mol. The van der Waals surface area contributed by atoms with Crippen molar-refractivity contribution in [1.29, 1.82) is 5.41 Å². The molecule has 4 nitrogen and oxygen atoms in total. The summed E-state index contributed by atoms with van der Waals surface area (Å²) < 4.78 is 0. The zero-order valence-electron chi connectivity index (χ0n) is 12.5. The normalized spacial score (nSPS) is 29.9. The maximum atomic E-state index is 10.7. The first-order valence-electron chi connectivity index (χ1n) is 7.95. The third-order valence-corrected chi connectivity index (χ3v) is 5.16. The fourth-order valence-corrected chi connectivity index (χ4v) is 3.88. The summed E-state index contributed by atoms with van der Waals surface area (Å²) in [5, 5.41) is 18.2. The molecule has 1 saturated heterocycles. The van der Waals surface area contributed by atoms with Crippen LogP contribution in [0.25, 0.3) is 0 Å². The Morgan fingerprint density at radius 3 is 3.05 bits per heavy atom. The summed E-state index contributed by atoms with van der Waals surface area (Å²) in [6, 6.07) is 7.94. The standard InChI is InChI=1S/C17H25N3O/c18-16(19)14-5-3-4-13(10-14)11-20-9-8-17(21)7-2-1-6-15(17)12-20/h3-5,10,15,21H,1-2,6-9,11-12H2,(H3,18,19). The van der Waals surface area contributed by atoms with Gasteiger partial charge in [0.25, 0.3) is 0 Å². The number of nitrogens with zero attached hydrogens (tertiary/aromatic N) is 1. The van der Waals surface area contributed by atoms with Crippen LogP contribution in [0.2, 0.25) is 0 Å². The molecule has 4 N–H and O–H groups in total. The molecule has 2 unspecified atom stereocenters. The maximum absolute atomic E-state index is 10.7. The summed E-state index contributed by atoms with van der Waals surface area (Å²) >= 11 is 0. The second kappa shape index (κ2) is 5.78. The molecule has 4 heteroatoms. The highest BCUT2D eigenvalue weighted by Gasteiger charge is 2.42. The molecule has 0 aromatic heterocycles. The van der Waals surface area contributed by atoms with E-state index in [0.717, 1.165) is 44.5 Å². The number of rotatable bonds is 3. The van der Waals surface area contributed by atoms with E-state index in [1.807, 2.05) is 18.2 Å². The molecule has 1 aromatic carbocycles. The SMILES string of the molecule is N=C(N)c1cccc(CN2CCC3(O)CCCCC3C2)c1. The Kier molecular flexibility index (Phi) is 4.00. The van der Waals surface area contributed by atoms with Gasteiger partial charge in [-0.15, -0.1) is 0 Å². The number of aliphatic hydroxyl groups is 1. The van der Waals surface area contributed by atoms with E-state index in [4.69, 9.17) is 11.1 Å². The van der Waals surface area contributed by atoms with Crippen LogP contribution in [-0.2, 0) is 6.54 Å². The Bertz CT molecular complexity index is 531. The Hall–Kier alpha value is -1.39. The molecule has 2 aliphatic rings. The molecule has 0 spiro atoms. The lowest BCUT2D eigenvalue weighted by atomic mass is 9.71. The predicted octanol–water partition coefficient (Wildman–Crippen LogP) is 2.10. The zero-order valence-corrected chi connectivity index (χ0v) is 12.5. The van der Waals surface area contributed by atoms with Gasteiger partial charge in [-0.05, 0) is 30.9 Å². The Labute approximate surface area is 126 Å². The van der Waals surface area contributed by atoms with Crippen molar-refractivity contribution in [3.8, 4) is 0 Å². The lowest BCUT2D eigenvalue weighted by Gasteiger charge is -2.47. The first-order chi connectivity index (χ1) is 10.1. The summed E-state index contributed by atoms with van der Waals surface area (Å²) in [5.74, 6) is 0.549. The summed E-state index contributed by atoms with van der Waals surface area (Å²) in [6.07, 6.45) is 5.45. The number of nitrogen functional groups attached to an aromatic ring is 1. The van der Waals surface area contributed by atoms with E-state index in [2.05, 4.69) is 11.0 Å². The number of nitrogens with one attached hydrogen (secondary N) is 1. The molecule has 2 fully saturated rings. The van der Waals surface area contributed by atoms with Gasteiger partial charge in [0, 0.05) is 31.1 Å². The van der Waals surface area contributed by atoms with Crippen LogP contribution in [0.5, 0.6) is 0 Å². The molecule has 1 heterocycles. The summed E-state index contributed by atoms with van der Waals surface area (Å²) in [4.78, 5) is 2.43. The lowest BCUT2D eigenvalue weighted by Crippen LogP contribution is -2.52. The molecular weight excluding hydrogens is 262 g/mol. The molecular formula is C17H25N3O. The number of amidine groups is 1. The fraction of sp³-hybridized carbons (Fsp3) is 0.588. The van der Waals surface area contributed by atoms with Gasteiger partial charge in [-0.2, -0.15) is 0 Å². The number of hydrogen-bond donors (Lipinski definition) is 3. The number of likely N-dealkylation sites (tertiary alicyclic amines) is 1. The smallest absolute Gasteiger partial charge is 0.122 e. The minimum Gasteiger partial charge on any atom is -0.390 e. The van der Waals surface area contributed by atoms with Crippen molar-refractivity contribution >= 4 is 5.84 Å². The van der Waals surface area contributed by atoms with E-state index in [0.29, 0.717) is 5.92 Å². The van der Waals surface area contributed by atoms with Crippen LogP contribution >= 0.6 is 0 Å². The highest BCUT2D eigenvalue weighted by atomic mass is 16.3. The van der Waals surface area contributed by atoms with Crippen LogP contribution in [0, 0.1) is 11.3 Å². The monoisotopic (exact) mass is 287 g/mol. The minimum atomic E-state index is -0.407. The van der Waals surface area contributed by atoms with Gasteiger partial charge in [0.2, 0.25) is 0 Å². The van der Waals surface area contributed by atoms with Gasteiger partial charge < -0.3 is 10.8 Å². The van der Waals surface area contributed by atoms with Crippen LogP contribution in [-0.4, -0.2) is 34.5 Å². The van der Waals surface area contributed by atoms with Crippen molar-refractivity contribution in [3.05, 3.63) is 35.4 Å². The third-order valence-electron chi connectivity index (χ3n) is 5.16. The summed E-state index contributed by atoms with van der Waals surface area (Å²) in [6.45, 7) is 2.83. The first-order valence-corrected chi connectivity index (χ1v) is 7.95. The molecule has 114 valence electrons. The average Bonchev–Trinajstić information content (AvgIpc) is 2.48. The van der Waals surface area contributed by atoms with Gasteiger partial charge in [-0.1, -0.05) is 31.0 Å². The summed E-state index contributed by atoms with van der Waals surface area (Å²) in [7, 11) is 0. The van der Waals surface area contributed by atoms with E-state index in [1.165, 1.54) is 18.4 Å². The lowest BCUT2D eigenvalue weighted by molar-refractivity contribution is -0.0967. The molecule has 0 radical (unpaired) electrons. The molecule has 3 rings (SSSR count). The van der Waals surface area contributed by atoms with Crippen LogP contribution in [0.1, 0.15) is 43.2 Å². The second-order valence-electron chi connectivity index (χ2n) is 6.65. The van der Waals surface area contributed by atoms with Gasteiger partial charge in [0.1, 0.15) is 5.84 Å². The van der Waals surface area contributed by atoms with Crippen molar-refractivity contribution in [3.63, 3.8) is 0 Å². The van der Waals surface area contributed by atoms with Crippen molar-refractivity contribution < 1.29 is 5.11 Å². The molecule has 2 atom stereocenters. The Morgan fingerprint density at radius 2 is 2.24 bits per heavy atom. The van der Waals surface area contributed by atoms with Crippen LogP contribution in [0.15, 0.2) is 24.3 Å². The number of benzene rings is 1. The topological polar surface area (TPSA) is 73.3 Å². The van der Waals surface area contributed by atoms with Gasteiger partial charge >= 0.3 is 0 Å². The summed E-state index contributed by atoms with van der Waals surface area (Å²) in [5.41, 5.74) is 7.14. The van der Waals surface area contributed by atoms with E-state index in [-0.39, 0.29) is 5.84 Å². The molecule has 1 aromatic rings. The number of piperidine rings is 1. The maximum Gasteiger partial charge on any atom is 0.122 e. The molecule has 21 heavy (non-hydrogen) atoms. The number of hydrogen-bond acceptors (Lipinski definition) is 3. The van der Waals surface area contributed by atoms with E-state index in [1.54, 1.807) is 0 Å². The molecule has 1 aliphatic heterocycles. The predicted molar refractivity (Wildman–Crippen MR) is 84.3 cm³/mol. The first kappa shape index (κ1) is 14.5. The fourth-order valence-electron chi connectivity index (χ4n) is 3.88. The van der Waals surface area contributed by atoms with Crippen molar-refractivity contribution in [1.82, 2.24) is 4.90 Å². The molecule has 0 amide bonds. The highest BCUT2D eigenvalue weighted by Crippen LogP contribution is 2.40. The Balaban J connectivity index is 1.66. The van der Waals surface area contributed by atoms with E-state index < -0.39 is 5.60 Å². The minimum absolute atomic E-state index is 0.122. The second-order valence-corrected chi connectivity index (χ2v) is 6.65. The molecule has 1 saturated carbocycles. The van der Waals surface area contributed by atoms with Crippen molar-refractivity contribution in [2.24, 2.45) is 11.7 Å². The zero-order chi connectivity index (χ0) is 14.9. The van der Waals surface area contributed by atoms with Gasteiger partial charge in [0.15, 0.2) is 0 Å². The third kappa shape index (κ3) is 3.11. The van der Waals surface area contributed by atoms with E-state index in [9.17, 15) is 5.11 Å². The largest absolute Gasteiger partial charge is 0.390 e. The number of fused-ring (bicyclic) bond motifs is 1. The van der Waals surface area contributed by atoms with Gasteiger partial charge in [-0.25, -0.2) is 0 Å². The molecule has 1 aliphatic carbocycles. The van der Waals surface area contributed by atoms with E-state index >= 15 is 0 Å². The van der Waals surface area contributed by atoms with Gasteiger partial charge in [-0.3, -0.25) is 10.3 Å². The highest BCUT2D eigenvalue weighted by molar-refractivity contribution is 5.95. The van der Waals surface area contributed by atoms with Crippen LogP contribution in [0.3, 0.4) is 0 Å². The van der Waals surface area contributed by atoms with Crippen LogP contribution < -0.4 is 5.73 Å².